The highest BCUT2D eigenvalue weighted by molar-refractivity contribution is 6.13. The van der Waals surface area contributed by atoms with Crippen LogP contribution in [0.25, 0.3) is 0 Å². The number of amides is 1. The molecule has 0 radical (unpaired) electrons. The van der Waals surface area contributed by atoms with Gasteiger partial charge in [0, 0.05) is 23.4 Å². The zero-order valence-electron chi connectivity index (χ0n) is 19.7. The van der Waals surface area contributed by atoms with Crippen molar-refractivity contribution in [3.8, 4) is 0 Å². The number of aliphatic imine (C=N–C) groups is 1. The molecule has 0 spiro atoms. The zero-order valence-corrected chi connectivity index (χ0v) is 19.7. The maximum atomic E-state index is 14.8. The molecular formula is C25H34FN3O3. The van der Waals surface area contributed by atoms with Gasteiger partial charge in [-0.1, -0.05) is 18.2 Å². The van der Waals surface area contributed by atoms with E-state index in [9.17, 15) is 14.3 Å². The summed E-state index contributed by atoms with van der Waals surface area (Å²) >= 11 is 0. The number of aliphatic hydroxyl groups excluding tert-OH is 1. The first-order valence-corrected chi connectivity index (χ1v) is 10.6. The normalized spacial score (nSPS) is 22.2. The number of carbonyl (C=O) groups is 1. The highest BCUT2D eigenvalue weighted by atomic mass is 19.1. The zero-order chi connectivity index (χ0) is 24.1. The van der Waals surface area contributed by atoms with E-state index in [4.69, 9.17) is 4.74 Å². The third-order valence-electron chi connectivity index (χ3n) is 5.16. The molecule has 2 unspecified atom stereocenters. The number of nitrogens with zero attached hydrogens (tertiary/aromatic N) is 2. The summed E-state index contributed by atoms with van der Waals surface area (Å²) in [4.78, 5) is 18.9. The van der Waals surface area contributed by atoms with Crippen LogP contribution in [0.3, 0.4) is 0 Å². The Labute approximate surface area is 190 Å². The van der Waals surface area contributed by atoms with E-state index >= 15 is 0 Å². The van der Waals surface area contributed by atoms with Gasteiger partial charge < -0.3 is 15.2 Å². The molecule has 1 aromatic carbocycles. The number of nitrogens with one attached hydrogen (secondary N) is 1. The summed E-state index contributed by atoms with van der Waals surface area (Å²) in [6.07, 6.45) is 2.91. The van der Waals surface area contributed by atoms with Crippen molar-refractivity contribution in [3.63, 3.8) is 0 Å². The lowest BCUT2D eigenvalue weighted by molar-refractivity contribution is 0.0866. The molecule has 1 aromatic rings. The average molecular weight is 444 g/mol. The minimum Gasteiger partial charge on any atom is -0.389 e. The maximum Gasteiger partial charge on any atom is 0.260 e. The number of halogens is 1. The van der Waals surface area contributed by atoms with Gasteiger partial charge in [-0.15, -0.1) is 6.58 Å². The van der Waals surface area contributed by atoms with Crippen LogP contribution in [-0.4, -0.2) is 46.6 Å². The fourth-order valence-electron chi connectivity index (χ4n) is 3.47. The Morgan fingerprint density at radius 3 is 2.62 bits per heavy atom. The van der Waals surface area contributed by atoms with Crippen LogP contribution in [0.4, 0.5) is 4.39 Å². The number of carbonyl (C=O) groups excluding carboxylic acids is 1. The van der Waals surface area contributed by atoms with Crippen LogP contribution in [0.2, 0.25) is 0 Å². The van der Waals surface area contributed by atoms with Gasteiger partial charge in [0.15, 0.2) is 0 Å². The predicted octanol–water partition coefficient (Wildman–Crippen LogP) is 4.11. The smallest absolute Gasteiger partial charge is 0.260 e. The van der Waals surface area contributed by atoms with Gasteiger partial charge in [-0.3, -0.25) is 9.69 Å². The monoisotopic (exact) mass is 443 g/mol. The highest BCUT2D eigenvalue weighted by Crippen LogP contribution is 2.28. The summed E-state index contributed by atoms with van der Waals surface area (Å²) in [5.41, 5.74) is 2.29. The predicted molar refractivity (Wildman–Crippen MR) is 126 cm³/mol. The van der Waals surface area contributed by atoms with Gasteiger partial charge in [0.25, 0.3) is 5.91 Å². The van der Waals surface area contributed by atoms with Gasteiger partial charge >= 0.3 is 0 Å². The number of allylic oxidation sites excluding steroid dienone is 3. The summed E-state index contributed by atoms with van der Waals surface area (Å²) in [6.45, 7) is 17.6. The van der Waals surface area contributed by atoms with Gasteiger partial charge in [-0.25, -0.2) is 9.38 Å². The molecule has 7 heteroatoms. The lowest BCUT2D eigenvalue weighted by Gasteiger charge is -2.27. The summed E-state index contributed by atoms with van der Waals surface area (Å²) in [7, 11) is 0. The molecule has 2 aliphatic heterocycles. The Morgan fingerprint density at radius 2 is 2.09 bits per heavy atom. The summed E-state index contributed by atoms with van der Waals surface area (Å²) in [5, 5.41) is 13.3. The van der Waals surface area contributed by atoms with Gasteiger partial charge in [0.2, 0.25) is 0 Å². The Hall–Kier alpha value is -2.61. The third-order valence-corrected chi connectivity index (χ3v) is 5.16. The summed E-state index contributed by atoms with van der Waals surface area (Å²) in [5.74, 6) is -0.249. The summed E-state index contributed by atoms with van der Waals surface area (Å²) in [6, 6.07) is 3.14. The molecule has 0 aliphatic carbocycles. The molecule has 2 N–H and O–H groups in total. The van der Waals surface area contributed by atoms with Crippen molar-refractivity contribution >= 4 is 11.7 Å². The molecule has 1 fully saturated rings. The van der Waals surface area contributed by atoms with E-state index in [0.717, 1.165) is 5.57 Å². The Morgan fingerprint density at radius 1 is 1.44 bits per heavy atom. The number of hydrogen-bond donors (Lipinski definition) is 2. The molecule has 0 saturated carbocycles. The first kappa shape index (κ1) is 25.6. The Kier molecular flexibility index (Phi) is 8.66. The van der Waals surface area contributed by atoms with E-state index in [1.807, 2.05) is 27.7 Å². The first-order valence-electron chi connectivity index (χ1n) is 10.6. The lowest BCUT2D eigenvalue weighted by Crippen LogP contribution is -2.51. The van der Waals surface area contributed by atoms with Crippen molar-refractivity contribution in [1.82, 2.24) is 10.2 Å². The van der Waals surface area contributed by atoms with E-state index in [1.165, 1.54) is 11.0 Å². The van der Waals surface area contributed by atoms with Crippen molar-refractivity contribution in [2.75, 3.05) is 13.2 Å². The Bertz CT molecular complexity index is 950. The summed E-state index contributed by atoms with van der Waals surface area (Å²) < 4.78 is 20.1. The molecule has 1 amide bonds. The number of hydrogen-bond acceptors (Lipinski definition) is 5. The largest absolute Gasteiger partial charge is 0.389 e. The number of ether oxygens (including phenoxy) is 1. The van der Waals surface area contributed by atoms with Gasteiger partial charge in [-0.2, -0.15) is 0 Å². The molecule has 0 bridgehead atoms. The van der Waals surface area contributed by atoms with Crippen LogP contribution in [0.15, 0.2) is 53.7 Å². The maximum absolute atomic E-state index is 14.8. The Balaban J connectivity index is 0.00000114. The van der Waals surface area contributed by atoms with Crippen LogP contribution in [0, 0.1) is 5.82 Å². The molecule has 32 heavy (non-hydrogen) atoms. The van der Waals surface area contributed by atoms with E-state index in [2.05, 4.69) is 23.5 Å². The van der Waals surface area contributed by atoms with Crippen LogP contribution in [0.1, 0.15) is 56.1 Å². The van der Waals surface area contributed by atoms with E-state index < -0.39 is 17.5 Å². The lowest BCUT2D eigenvalue weighted by atomic mass is 9.97. The van der Waals surface area contributed by atoms with Crippen LogP contribution in [-0.2, 0) is 17.8 Å². The number of amidine groups is 1. The van der Waals surface area contributed by atoms with E-state index in [1.54, 1.807) is 25.1 Å². The number of rotatable bonds is 5. The van der Waals surface area contributed by atoms with Crippen LogP contribution >= 0.6 is 0 Å². The number of aliphatic hydroxyl groups is 1. The molecule has 1 saturated heterocycles. The molecule has 6 nitrogen and oxygen atoms in total. The van der Waals surface area contributed by atoms with Crippen LogP contribution in [0.5, 0.6) is 0 Å². The highest BCUT2D eigenvalue weighted by Gasteiger charge is 2.38. The fourth-order valence-corrected chi connectivity index (χ4v) is 3.47. The molecule has 2 heterocycles. The standard InChI is InChI=1S/C22H28FN3O3.C3H6/c1-13(2)6-20(25-14(3)4)26-10-17-16(21(26)28)7-15(8-18(17)23)9-24-22(5)12-29-11-19(22)27;1-3-2/h6-8,19,24,27H,3,9-12H2,1-2,4-5H3;3H,1H2,2H3. The van der Waals surface area contributed by atoms with Crippen molar-refractivity contribution in [2.45, 2.75) is 59.4 Å². The molecule has 2 atom stereocenters. The topological polar surface area (TPSA) is 74.2 Å². The van der Waals surface area contributed by atoms with Gasteiger partial charge in [0.1, 0.15) is 11.7 Å². The SMILES string of the molecule is C=C(C)N=C(C=C(C)C)N1Cc2c(F)cc(CNC3(C)COCC3O)cc2C1=O.C=CC. The third kappa shape index (κ3) is 6.00. The average Bonchev–Trinajstić information content (AvgIpc) is 3.20. The first-order chi connectivity index (χ1) is 15.0. The second kappa shape index (κ2) is 10.8. The van der Waals surface area contributed by atoms with E-state index in [0.29, 0.717) is 41.4 Å². The van der Waals surface area contributed by atoms with Gasteiger partial charge in [-0.05, 0) is 58.4 Å². The molecule has 0 aromatic heterocycles. The quantitative estimate of drug-likeness (QED) is 0.408. The van der Waals surface area contributed by atoms with E-state index in [-0.39, 0.29) is 19.1 Å². The fraction of sp³-hybridized carbons (Fsp3) is 0.440. The van der Waals surface area contributed by atoms with Crippen LogP contribution < -0.4 is 5.32 Å². The van der Waals surface area contributed by atoms with Gasteiger partial charge in [0.05, 0.1) is 31.4 Å². The van der Waals surface area contributed by atoms with Crippen molar-refractivity contribution < 1.29 is 19.0 Å². The molecule has 3 rings (SSSR count). The van der Waals surface area contributed by atoms with Crippen molar-refractivity contribution in [3.05, 3.63) is 71.2 Å². The minimum atomic E-state index is -0.635. The van der Waals surface area contributed by atoms with Crippen molar-refractivity contribution in [1.29, 1.82) is 0 Å². The molecule has 2 aliphatic rings. The number of fused-ring (bicyclic) bond motifs is 1. The molecule has 174 valence electrons. The van der Waals surface area contributed by atoms with Crippen molar-refractivity contribution in [2.24, 2.45) is 4.99 Å². The minimum absolute atomic E-state index is 0.133. The second-order valence-electron chi connectivity index (χ2n) is 8.63. The second-order valence-corrected chi connectivity index (χ2v) is 8.63. The molecular weight excluding hydrogens is 409 g/mol. The number of benzene rings is 1.